The van der Waals surface area contributed by atoms with Crippen LogP contribution in [0, 0.1) is 0 Å². The fraction of sp³-hybridized carbons (Fsp3) is 0.167. The Balaban J connectivity index is 1.88. The van der Waals surface area contributed by atoms with E-state index in [-0.39, 0.29) is 5.75 Å². The quantitative estimate of drug-likeness (QED) is 0.874. The van der Waals surface area contributed by atoms with Gasteiger partial charge in [0.25, 0.3) is 0 Å². The number of nitrogens with one attached hydrogen (secondary N) is 1. The number of nitrogens with zero attached hydrogens (tertiary/aromatic N) is 2. The molecule has 0 saturated heterocycles. The van der Waals surface area contributed by atoms with Gasteiger partial charge in [-0.1, -0.05) is 23.7 Å². The lowest BCUT2D eigenvalue weighted by atomic mass is 10.1. The van der Waals surface area contributed by atoms with Crippen LogP contribution in [-0.4, -0.2) is 21.6 Å². The van der Waals surface area contributed by atoms with Gasteiger partial charge in [-0.3, -0.25) is 0 Å². The van der Waals surface area contributed by atoms with Crippen molar-refractivity contribution in [3.63, 3.8) is 0 Å². The predicted octanol–water partition coefficient (Wildman–Crippen LogP) is 2.49. The molecule has 0 bridgehead atoms. The minimum Gasteiger partial charge on any atom is -0.508 e. The van der Waals surface area contributed by atoms with E-state index >= 15 is 0 Å². The van der Waals surface area contributed by atoms with Crippen LogP contribution in [0.5, 0.6) is 5.75 Å². The lowest BCUT2D eigenvalue weighted by Gasteiger charge is -2.06. The number of halogens is 1. The number of benzene rings is 1. The van der Waals surface area contributed by atoms with Gasteiger partial charge in [0.2, 0.25) is 0 Å². The Hall–Kier alpha value is -1.81. The molecule has 0 spiro atoms. The van der Waals surface area contributed by atoms with E-state index in [4.69, 9.17) is 16.7 Å². The highest BCUT2D eigenvalue weighted by Crippen LogP contribution is 2.16. The Bertz CT molecular complexity index is 487. The maximum atomic E-state index is 9.15. The Kier molecular flexibility index (Phi) is 3.77. The molecule has 5 heteroatoms. The van der Waals surface area contributed by atoms with Crippen molar-refractivity contribution in [2.45, 2.75) is 6.42 Å². The third-order valence-corrected chi connectivity index (χ3v) is 2.59. The second kappa shape index (κ2) is 5.50. The number of anilines is 1. The molecule has 2 rings (SSSR count). The number of hydrogen-bond acceptors (Lipinski definition) is 4. The first-order valence-electron chi connectivity index (χ1n) is 5.23. The van der Waals surface area contributed by atoms with Crippen molar-refractivity contribution in [1.82, 2.24) is 9.97 Å². The maximum Gasteiger partial charge on any atom is 0.148 e. The monoisotopic (exact) mass is 249 g/mol. The van der Waals surface area contributed by atoms with Crippen molar-refractivity contribution in [2.24, 2.45) is 0 Å². The smallest absolute Gasteiger partial charge is 0.148 e. The van der Waals surface area contributed by atoms with Crippen molar-refractivity contribution >= 4 is 17.4 Å². The number of phenols is 1. The molecule has 4 nitrogen and oxygen atoms in total. The molecule has 0 aliphatic rings. The molecule has 0 radical (unpaired) electrons. The highest BCUT2D eigenvalue weighted by molar-refractivity contribution is 6.32. The van der Waals surface area contributed by atoms with Gasteiger partial charge in [-0.2, -0.15) is 0 Å². The van der Waals surface area contributed by atoms with Crippen molar-refractivity contribution in [1.29, 1.82) is 0 Å². The summed E-state index contributed by atoms with van der Waals surface area (Å²) in [6.45, 7) is 0.724. The summed E-state index contributed by atoms with van der Waals surface area (Å²) in [5, 5.41) is 12.8. The van der Waals surface area contributed by atoms with Crippen LogP contribution >= 0.6 is 11.6 Å². The molecule has 1 aromatic carbocycles. The molecule has 2 aromatic rings. The molecule has 2 N–H and O–H groups in total. The largest absolute Gasteiger partial charge is 0.508 e. The first-order valence-corrected chi connectivity index (χ1v) is 5.61. The number of rotatable bonds is 4. The molecule has 17 heavy (non-hydrogen) atoms. The van der Waals surface area contributed by atoms with E-state index in [2.05, 4.69) is 15.3 Å². The standard InChI is InChI=1S/C12H12ClN3O/c13-11-7-14-8-16-12(11)15-6-5-9-1-3-10(17)4-2-9/h1-4,7-8,17H,5-6H2,(H,14,15,16). The summed E-state index contributed by atoms with van der Waals surface area (Å²) in [4.78, 5) is 7.84. The minimum absolute atomic E-state index is 0.278. The molecule has 0 atom stereocenters. The highest BCUT2D eigenvalue weighted by Gasteiger charge is 2.00. The van der Waals surface area contributed by atoms with Crippen LogP contribution in [0.15, 0.2) is 36.8 Å². The number of aromatic hydroxyl groups is 1. The second-order valence-electron chi connectivity index (χ2n) is 3.56. The van der Waals surface area contributed by atoms with Gasteiger partial charge in [0.1, 0.15) is 22.9 Å². The van der Waals surface area contributed by atoms with Crippen molar-refractivity contribution in [3.05, 3.63) is 47.4 Å². The summed E-state index contributed by atoms with van der Waals surface area (Å²) in [7, 11) is 0. The molecule has 0 amide bonds. The summed E-state index contributed by atoms with van der Waals surface area (Å²) in [6.07, 6.45) is 3.84. The van der Waals surface area contributed by atoms with Gasteiger partial charge in [-0.25, -0.2) is 9.97 Å². The first-order chi connectivity index (χ1) is 8.25. The normalized spacial score (nSPS) is 10.2. The van der Waals surface area contributed by atoms with Gasteiger partial charge in [0.05, 0.1) is 6.20 Å². The van der Waals surface area contributed by atoms with Gasteiger partial charge in [-0.05, 0) is 24.1 Å². The molecule has 1 heterocycles. The van der Waals surface area contributed by atoms with Crippen LogP contribution in [0.3, 0.4) is 0 Å². The third-order valence-electron chi connectivity index (χ3n) is 2.31. The maximum absolute atomic E-state index is 9.15. The van der Waals surface area contributed by atoms with Gasteiger partial charge in [-0.15, -0.1) is 0 Å². The average molecular weight is 250 g/mol. The fourth-order valence-electron chi connectivity index (χ4n) is 1.43. The highest BCUT2D eigenvalue weighted by atomic mass is 35.5. The minimum atomic E-state index is 0.278. The molecular formula is C12H12ClN3O. The number of aromatic nitrogens is 2. The van der Waals surface area contributed by atoms with Crippen LogP contribution in [0.4, 0.5) is 5.82 Å². The Morgan fingerprint density at radius 2 is 2.00 bits per heavy atom. The molecule has 0 unspecified atom stereocenters. The zero-order valence-electron chi connectivity index (χ0n) is 9.10. The SMILES string of the molecule is Oc1ccc(CCNc2ncncc2Cl)cc1. The van der Waals surface area contributed by atoms with Crippen LogP contribution in [0.25, 0.3) is 0 Å². The molecule has 0 saturated carbocycles. The van der Waals surface area contributed by atoms with Crippen LogP contribution < -0.4 is 5.32 Å². The summed E-state index contributed by atoms with van der Waals surface area (Å²) >= 11 is 5.91. The van der Waals surface area contributed by atoms with Gasteiger partial charge in [0, 0.05) is 6.54 Å². The Morgan fingerprint density at radius 3 is 2.71 bits per heavy atom. The summed E-state index contributed by atoms with van der Waals surface area (Å²) < 4.78 is 0. The van der Waals surface area contributed by atoms with E-state index in [1.807, 2.05) is 12.1 Å². The molecule has 0 fully saturated rings. The van der Waals surface area contributed by atoms with Crippen LogP contribution in [0.1, 0.15) is 5.56 Å². The fourth-order valence-corrected chi connectivity index (χ4v) is 1.60. The molecule has 0 aliphatic heterocycles. The van der Waals surface area contributed by atoms with Crippen LogP contribution in [-0.2, 0) is 6.42 Å². The molecule has 0 aliphatic carbocycles. The Morgan fingerprint density at radius 1 is 1.24 bits per heavy atom. The second-order valence-corrected chi connectivity index (χ2v) is 3.97. The average Bonchev–Trinajstić information content (AvgIpc) is 2.34. The van der Waals surface area contributed by atoms with Crippen molar-refractivity contribution < 1.29 is 5.11 Å². The molecular weight excluding hydrogens is 238 g/mol. The third kappa shape index (κ3) is 3.32. The zero-order chi connectivity index (χ0) is 12.1. The molecule has 88 valence electrons. The molecule has 1 aromatic heterocycles. The van der Waals surface area contributed by atoms with Gasteiger partial charge in [0.15, 0.2) is 0 Å². The lowest BCUT2D eigenvalue weighted by Crippen LogP contribution is -2.06. The van der Waals surface area contributed by atoms with Gasteiger partial charge < -0.3 is 10.4 Å². The summed E-state index contributed by atoms with van der Waals surface area (Å²) in [5.74, 6) is 0.918. The van der Waals surface area contributed by atoms with E-state index in [0.717, 1.165) is 18.5 Å². The Labute approximate surface area is 104 Å². The van der Waals surface area contributed by atoms with E-state index in [1.165, 1.54) is 6.33 Å². The van der Waals surface area contributed by atoms with Gasteiger partial charge >= 0.3 is 0 Å². The first kappa shape index (κ1) is 11.7. The van der Waals surface area contributed by atoms with Crippen molar-refractivity contribution in [3.8, 4) is 5.75 Å². The topological polar surface area (TPSA) is 58.0 Å². The van der Waals surface area contributed by atoms with E-state index in [1.54, 1.807) is 18.3 Å². The zero-order valence-corrected chi connectivity index (χ0v) is 9.85. The van der Waals surface area contributed by atoms with Crippen molar-refractivity contribution in [2.75, 3.05) is 11.9 Å². The van der Waals surface area contributed by atoms with E-state index < -0.39 is 0 Å². The number of hydrogen-bond donors (Lipinski definition) is 2. The summed E-state index contributed by atoms with van der Waals surface area (Å²) in [5.41, 5.74) is 1.14. The van der Waals surface area contributed by atoms with E-state index in [9.17, 15) is 0 Å². The summed E-state index contributed by atoms with van der Waals surface area (Å²) in [6, 6.07) is 7.12. The van der Waals surface area contributed by atoms with Crippen LogP contribution in [0.2, 0.25) is 5.02 Å². The number of phenolic OH excluding ortho intramolecular Hbond substituents is 1. The van der Waals surface area contributed by atoms with E-state index in [0.29, 0.717) is 10.8 Å². The lowest BCUT2D eigenvalue weighted by molar-refractivity contribution is 0.475. The predicted molar refractivity (Wildman–Crippen MR) is 67.3 cm³/mol.